The molecule has 0 bridgehead atoms. The number of likely N-dealkylation sites (tertiary alicyclic amines) is 1. The highest BCUT2D eigenvalue weighted by atomic mass is 35.5. The molecule has 116 valence electrons. The van der Waals surface area contributed by atoms with Crippen LogP contribution in [0.1, 0.15) is 46.4 Å². The molecule has 4 nitrogen and oxygen atoms in total. The molecule has 1 saturated heterocycles. The number of rotatable bonds is 3. The molecule has 1 N–H and O–H groups in total. The number of carbonyl (C=O) groups excluding carboxylic acids is 2. The number of ketones is 2. The molecule has 1 aliphatic heterocycles. The van der Waals surface area contributed by atoms with Gasteiger partial charge in [-0.05, 0) is 25.7 Å². The summed E-state index contributed by atoms with van der Waals surface area (Å²) in [6, 6.07) is 6.85. The first-order chi connectivity index (χ1) is 10.6. The Morgan fingerprint density at radius 2 is 1.82 bits per heavy atom. The highest BCUT2D eigenvalue weighted by molar-refractivity contribution is 6.49. The van der Waals surface area contributed by atoms with Crippen LogP contribution in [0.4, 0.5) is 0 Å². The lowest BCUT2D eigenvalue weighted by Gasteiger charge is -2.39. The molecule has 5 heteroatoms. The average molecular weight is 320 g/mol. The zero-order chi connectivity index (χ0) is 15.7. The van der Waals surface area contributed by atoms with Crippen LogP contribution in [0.5, 0.6) is 0 Å². The van der Waals surface area contributed by atoms with Crippen LogP contribution in [0.2, 0.25) is 0 Å². The van der Waals surface area contributed by atoms with Crippen LogP contribution in [-0.4, -0.2) is 40.8 Å². The molecule has 0 amide bonds. The Morgan fingerprint density at radius 3 is 2.50 bits per heavy atom. The van der Waals surface area contributed by atoms with Gasteiger partial charge in [0.2, 0.25) is 11.6 Å². The number of hydrogen-bond donors (Lipinski definition) is 1. The second-order valence-corrected chi connectivity index (χ2v) is 6.10. The largest absolute Gasteiger partial charge is 0.396 e. The molecule has 22 heavy (non-hydrogen) atoms. The molecule has 0 spiro atoms. The minimum atomic E-state index is -0.291. The van der Waals surface area contributed by atoms with Crippen molar-refractivity contribution in [3.63, 3.8) is 0 Å². The Labute approximate surface area is 134 Å². The van der Waals surface area contributed by atoms with Crippen LogP contribution in [0.15, 0.2) is 35.0 Å². The fraction of sp³-hybridized carbons (Fsp3) is 0.412. The number of aliphatic hydroxyl groups is 1. The summed E-state index contributed by atoms with van der Waals surface area (Å²) < 4.78 is 0. The maximum atomic E-state index is 12.8. The number of allylic oxidation sites excluding steroid dienone is 2. The van der Waals surface area contributed by atoms with Gasteiger partial charge in [0.15, 0.2) is 0 Å². The Hall–Kier alpha value is -1.65. The molecule has 1 aromatic carbocycles. The molecule has 0 radical (unpaired) electrons. The molecular formula is C17H18ClNO3. The normalized spacial score (nSPS) is 22.1. The minimum Gasteiger partial charge on any atom is -0.396 e. The van der Waals surface area contributed by atoms with E-state index < -0.39 is 0 Å². The number of piperidine rings is 1. The van der Waals surface area contributed by atoms with Crippen LogP contribution < -0.4 is 0 Å². The smallest absolute Gasteiger partial charge is 0.211 e. The van der Waals surface area contributed by atoms with Crippen molar-refractivity contribution in [2.24, 2.45) is 0 Å². The molecule has 1 aromatic rings. The lowest BCUT2D eigenvalue weighted by Crippen LogP contribution is -2.43. The van der Waals surface area contributed by atoms with E-state index in [0.717, 1.165) is 19.3 Å². The van der Waals surface area contributed by atoms with E-state index in [2.05, 4.69) is 0 Å². The quantitative estimate of drug-likeness (QED) is 0.930. The van der Waals surface area contributed by atoms with Gasteiger partial charge in [0.05, 0.1) is 0 Å². The summed E-state index contributed by atoms with van der Waals surface area (Å²) in [5, 5.41) is 9.26. The Bertz CT molecular complexity index is 651. The summed E-state index contributed by atoms with van der Waals surface area (Å²) in [7, 11) is 0. The third kappa shape index (κ3) is 2.46. The van der Waals surface area contributed by atoms with Gasteiger partial charge in [-0.15, -0.1) is 0 Å². The maximum absolute atomic E-state index is 12.8. The van der Waals surface area contributed by atoms with Crippen molar-refractivity contribution in [1.82, 2.24) is 4.90 Å². The SMILES string of the molecule is O=C1C(Cl)=C(N2CCCC[C@@H]2CCO)C(=O)c2ccccc21. The first-order valence-corrected chi connectivity index (χ1v) is 7.98. The van der Waals surface area contributed by atoms with E-state index >= 15 is 0 Å². The molecule has 1 heterocycles. The molecule has 2 aliphatic rings. The molecular weight excluding hydrogens is 302 g/mol. The van der Waals surface area contributed by atoms with Crippen molar-refractivity contribution in [1.29, 1.82) is 0 Å². The molecule has 0 saturated carbocycles. The van der Waals surface area contributed by atoms with E-state index in [-0.39, 0.29) is 29.2 Å². The van der Waals surface area contributed by atoms with Gasteiger partial charge in [-0.2, -0.15) is 0 Å². The predicted molar refractivity (Wildman–Crippen MR) is 84.0 cm³/mol. The van der Waals surface area contributed by atoms with Crippen molar-refractivity contribution in [3.05, 3.63) is 46.1 Å². The number of Topliss-reactive ketones (excluding diaryl/α,β-unsaturated/α-hetero) is 2. The monoisotopic (exact) mass is 319 g/mol. The van der Waals surface area contributed by atoms with Gasteiger partial charge in [0, 0.05) is 30.3 Å². The fourth-order valence-electron chi connectivity index (χ4n) is 3.33. The number of aliphatic hydroxyl groups excluding tert-OH is 1. The molecule has 1 atom stereocenters. The maximum Gasteiger partial charge on any atom is 0.211 e. The Morgan fingerprint density at radius 1 is 1.14 bits per heavy atom. The highest BCUT2D eigenvalue weighted by Gasteiger charge is 2.37. The number of carbonyl (C=O) groups is 2. The van der Waals surface area contributed by atoms with Gasteiger partial charge in [-0.1, -0.05) is 35.9 Å². The second-order valence-electron chi connectivity index (χ2n) is 5.72. The molecule has 1 fully saturated rings. The van der Waals surface area contributed by atoms with E-state index in [4.69, 9.17) is 11.6 Å². The van der Waals surface area contributed by atoms with Gasteiger partial charge >= 0.3 is 0 Å². The zero-order valence-electron chi connectivity index (χ0n) is 12.2. The summed E-state index contributed by atoms with van der Waals surface area (Å²) in [4.78, 5) is 27.2. The number of halogens is 1. The molecule has 0 aromatic heterocycles. The lowest BCUT2D eigenvalue weighted by atomic mass is 9.89. The van der Waals surface area contributed by atoms with Gasteiger partial charge in [0.1, 0.15) is 10.7 Å². The van der Waals surface area contributed by atoms with E-state index in [1.807, 2.05) is 4.90 Å². The van der Waals surface area contributed by atoms with Crippen LogP contribution >= 0.6 is 11.6 Å². The van der Waals surface area contributed by atoms with Crippen LogP contribution in [0, 0.1) is 0 Å². The minimum absolute atomic E-state index is 0.00791. The Kier molecular flexibility index (Phi) is 4.32. The summed E-state index contributed by atoms with van der Waals surface area (Å²) in [5.41, 5.74) is 1.10. The molecule has 3 rings (SSSR count). The van der Waals surface area contributed by atoms with Crippen LogP contribution in [0.3, 0.4) is 0 Å². The Balaban J connectivity index is 2.04. The van der Waals surface area contributed by atoms with Crippen molar-refractivity contribution in [2.45, 2.75) is 31.7 Å². The van der Waals surface area contributed by atoms with Gasteiger partial charge in [-0.3, -0.25) is 9.59 Å². The van der Waals surface area contributed by atoms with Crippen molar-refractivity contribution in [2.75, 3.05) is 13.2 Å². The zero-order valence-corrected chi connectivity index (χ0v) is 13.0. The van der Waals surface area contributed by atoms with Crippen molar-refractivity contribution >= 4 is 23.2 Å². The lowest BCUT2D eigenvalue weighted by molar-refractivity contribution is 0.0888. The summed E-state index contributed by atoms with van der Waals surface area (Å²) in [6.45, 7) is 0.752. The number of hydrogen-bond acceptors (Lipinski definition) is 4. The highest BCUT2D eigenvalue weighted by Crippen LogP contribution is 2.34. The fourth-order valence-corrected chi connectivity index (χ4v) is 3.63. The summed E-state index contributed by atoms with van der Waals surface area (Å²) in [6.07, 6.45) is 3.50. The van der Waals surface area contributed by atoms with Crippen molar-refractivity contribution < 1.29 is 14.7 Å². The first-order valence-electron chi connectivity index (χ1n) is 7.61. The van der Waals surface area contributed by atoms with E-state index in [1.54, 1.807) is 24.3 Å². The second kappa shape index (κ2) is 6.23. The first kappa shape index (κ1) is 15.3. The number of nitrogens with zero attached hydrogens (tertiary/aromatic N) is 1. The summed E-state index contributed by atoms with van der Waals surface area (Å²) >= 11 is 6.26. The van der Waals surface area contributed by atoms with Gasteiger partial charge < -0.3 is 10.0 Å². The van der Waals surface area contributed by atoms with E-state index in [0.29, 0.717) is 29.8 Å². The number of fused-ring (bicyclic) bond motifs is 1. The summed E-state index contributed by atoms with van der Waals surface area (Å²) in [5.74, 6) is -0.481. The van der Waals surface area contributed by atoms with Gasteiger partial charge in [-0.25, -0.2) is 0 Å². The number of benzene rings is 1. The predicted octanol–water partition coefficient (Wildman–Crippen LogP) is 2.75. The standard InChI is InChI=1S/C17H18ClNO3/c18-14-15(19-9-4-3-5-11(19)8-10-20)17(22)13-7-2-1-6-12(13)16(14)21/h1-2,6-7,11,20H,3-5,8-10H2/t11-/m1/s1. The van der Waals surface area contributed by atoms with Crippen LogP contribution in [-0.2, 0) is 0 Å². The van der Waals surface area contributed by atoms with Crippen molar-refractivity contribution in [3.8, 4) is 0 Å². The molecule has 1 aliphatic carbocycles. The topological polar surface area (TPSA) is 57.6 Å². The molecule has 0 unspecified atom stereocenters. The van der Waals surface area contributed by atoms with E-state index in [1.165, 1.54) is 0 Å². The third-order valence-electron chi connectivity index (χ3n) is 4.42. The van der Waals surface area contributed by atoms with Crippen LogP contribution in [0.25, 0.3) is 0 Å². The average Bonchev–Trinajstić information content (AvgIpc) is 2.55. The van der Waals surface area contributed by atoms with Gasteiger partial charge in [0.25, 0.3) is 0 Å². The third-order valence-corrected chi connectivity index (χ3v) is 4.77. The van der Waals surface area contributed by atoms with E-state index in [9.17, 15) is 14.7 Å².